The van der Waals surface area contributed by atoms with E-state index in [2.05, 4.69) is 26.6 Å². The van der Waals surface area contributed by atoms with Gasteiger partial charge in [0.05, 0.1) is 13.2 Å². The number of thioether (sulfide) groups is 1. The van der Waals surface area contributed by atoms with E-state index >= 15 is 0 Å². The number of halogens is 3. The zero-order valence-electron chi connectivity index (χ0n) is 17.0. The molecule has 0 saturated carbocycles. The Bertz CT molecular complexity index is 633. The van der Waals surface area contributed by atoms with Gasteiger partial charge in [0.1, 0.15) is 6.61 Å². The summed E-state index contributed by atoms with van der Waals surface area (Å²) in [6, 6.07) is 7.26. The molecule has 0 atom stereocenters. The van der Waals surface area contributed by atoms with Gasteiger partial charge in [-0.25, -0.2) is 4.99 Å². The van der Waals surface area contributed by atoms with Crippen LogP contribution in [0.15, 0.2) is 29.3 Å². The van der Waals surface area contributed by atoms with E-state index in [4.69, 9.17) is 4.74 Å². The molecule has 164 valence electrons. The Hall–Kier alpha value is -1.45. The molecule has 2 rings (SSSR count). The highest BCUT2D eigenvalue weighted by molar-refractivity contribution is 8.00. The fourth-order valence-corrected chi connectivity index (χ4v) is 3.77. The van der Waals surface area contributed by atoms with E-state index < -0.39 is 12.8 Å². The average Bonchev–Trinajstić information content (AvgIpc) is 2.71. The number of alkyl halides is 3. The van der Waals surface area contributed by atoms with Crippen molar-refractivity contribution in [2.45, 2.75) is 43.8 Å². The van der Waals surface area contributed by atoms with Crippen molar-refractivity contribution >= 4 is 17.7 Å². The molecule has 0 radical (unpaired) electrons. The van der Waals surface area contributed by atoms with Crippen LogP contribution in [0.2, 0.25) is 0 Å². The van der Waals surface area contributed by atoms with Crippen LogP contribution in [0.1, 0.15) is 30.9 Å². The van der Waals surface area contributed by atoms with Gasteiger partial charge in [-0.1, -0.05) is 24.3 Å². The Morgan fingerprint density at radius 3 is 2.41 bits per heavy atom. The molecule has 9 heteroatoms. The van der Waals surface area contributed by atoms with Crippen molar-refractivity contribution in [3.8, 4) is 0 Å². The maximum absolute atomic E-state index is 12.1. The summed E-state index contributed by atoms with van der Waals surface area (Å²) in [5.41, 5.74) is 1.68. The van der Waals surface area contributed by atoms with Crippen molar-refractivity contribution in [2.24, 2.45) is 4.99 Å². The number of ether oxygens (including phenoxy) is 2. The largest absolute Gasteiger partial charge is 0.411 e. The van der Waals surface area contributed by atoms with E-state index in [1.54, 1.807) is 12.1 Å². The van der Waals surface area contributed by atoms with Crippen LogP contribution in [0.3, 0.4) is 0 Å². The van der Waals surface area contributed by atoms with Crippen LogP contribution >= 0.6 is 11.8 Å². The standard InChI is InChI=1S/C20H30F3N3O2S/c1-3-24-18(26-14-19(29-2)8-10-27-11-9-19)25-12-16-4-6-17(7-5-16)13-28-15-20(21,22)23/h4-7H,3,8-15H2,1-2H3,(H2,24,25,26). The van der Waals surface area contributed by atoms with Crippen LogP contribution in [-0.2, 0) is 22.6 Å². The lowest BCUT2D eigenvalue weighted by Gasteiger charge is -2.36. The summed E-state index contributed by atoms with van der Waals surface area (Å²) in [6.45, 7) is 4.36. The summed E-state index contributed by atoms with van der Waals surface area (Å²) in [7, 11) is 0. The molecule has 1 aromatic carbocycles. The summed E-state index contributed by atoms with van der Waals surface area (Å²) in [5.74, 6) is 0.755. The maximum Gasteiger partial charge on any atom is 0.411 e. The quantitative estimate of drug-likeness (QED) is 0.459. The second kappa shape index (κ2) is 11.7. The Kier molecular flexibility index (Phi) is 9.58. The molecule has 2 N–H and O–H groups in total. The highest BCUT2D eigenvalue weighted by Crippen LogP contribution is 2.32. The zero-order chi connectivity index (χ0) is 21.2. The molecule has 1 saturated heterocycles. The lowest BCUT2D eigenvalue weighted by molar-refractivity contribution is -0.176. The summed E-state index contributed by atoms with van der Waals surface area (Å²) < 4.78 is 46.7. The van der Waals surface area contributed by atoms with Gasteiger partial charge in [-0.3, -0.25) is 0 Å². The zero-order valence-corrected chi connectivity index (χ0v) is 17.8. The van der Waals surface area contributed by atoms with Gasteiger partial charge < -0.3 is 20.1 Å². The number of guanidine groups is 1. The van der Waals surface area contributed by atoms with Crippen molar-refractivity contribution in [3.63, 3.8) is 0 Å². The Morgan fingerprint density at radius 1 is 1.17 bits per heavy atom. The first-order valence-electron chi connectivity index (χ1n) is 9.73. The second-order valence-corrected chi connectivity index (χ2v) is 8.25. The highest BCUT2D eigenvalue weighted by atomic mass is 32.2. The van der Waals surface area contributed by atoms with Crippen LogP contribution in [0.4, 0.5) is 13.2 Å². The molecule has 5 nitrogen and oxygen atoms in total. The first-order chi connectivity index (χ1) is 13.9. The Labute approximate surface area is 174 Å². The minimum absolute atomic E-state index is 0.0618. The maximum atomic E-state index is 12.1. The minimum atomic E-state index is -4.30. The molecule has 0 unspecified atom stereocenters. The fourth-order valence-electron chi connectivity index (χ4n) is 2.98. The lowest BCUT2D eigenvalue weighted by atomic mass is 9.99. The molecule has 0 aliphatic carbocycles. The van der Waals surface area contributed by atoms with Crippen LogP contribution < -0.4 is 10.6 Å². The van der Waals surface area contributed by atoms with Gasteiger partial charge in [-0.2, -0.15) is 24.9 Å². The molecule has 0 bridgehead atoms. The van der Waals surface area contributed by atoms with Crippen molar-refractivity contribution in [1.82, 2.24) is 10.6 Å². The number of rotatable bonds is 9. The van der Waals surface area contributed by atoms with E-state index in [1.807, 2.05) is 30.8 Å². The first kappa shape index (κ1) is 23.8. The number of aliphatic imine (C=N–C) groups is 1. The van der Waals surface area contributed by atoms with Gasteiger partial charge in [0, 0.05) is 31.1 Å². The second-order valence-electron chi connectivity index (χ2n) is 6.97. The van der Waals surface area contributed by atoms with E-state index in [1.165, 1.54) is 0 Å². The molecule has 0 spiro atoms. The number of nitrogens with zero attached hydrogens (tertiary/aromatic N) is 1. The van der Waals surface area contributed by atoms with Gasteiger partial charge in [0.2, 0.25) is 0 Å². The molecule has 0 aromatic heterocycles. The van der Waals surface area contributed by atoms with Crippen LogP contribution in [0.25, 0.3) is 0 Å². The van der Waals surface area contributed by atoms with Gasteiger partial charge in [0.15, 0.2) is 5.96 Å². The molecule has 1 aliphatic rings. The molecular weight excluding hydrogens is 403 g/mol. The van der Waals surface area contributed by atoms with Crippen LogP contribution in [0.5, 0.6) is 0 Å². The molecule has 29 heavy (non-hydrogen) atoms. The molecule has 1 heterocycles. The smallest absolute Gasteiger partial charge is 0.381 e. The highest BCUT2D eigenvalue weighted by Gasteiger charge is 2.31. The third-order valence-corrected chi connectivity index (χ3v) is 6.16. The fraction of sp³-hybridized carbons (Fsp3) is 0.650. The lowest BCUT2D eigenvalue weighted by Crippen LogP contribution is -2.47. The molecule has 0 amide bonds. The summed E-state index contributed by atoms with van der Waals surface area (Å²) >= 11 is 1.87. The van der Waals surface area contributed by atoms with Crippen LogP contribution in [0, 0.1) is 0 Å². The predicted molar refractivity (Wildman–Crippen MR) is 111 cm³/mol. The summed E-state index contributed by atoms with van der Waals surface area (Å²) in [4.78, 5) is 4.63. The predicted octanol–water partition coefficient (Wildman–Crippen LogP) is 3.73. The normalized spacial score (nSPS) is 17.2. The third kappa shape index (κ3) is 8.84. The van der Waals surface area contributed by atoms with Gasteiger partial charge in [0.25, 0.3) is 0 Å². The molecule has 1 aromatic rings. The number of hydrogen-bond donors (Lipinski definition) is 2. The topological polar surface area (TPSA) is 54.9 Å². The van der Waals surface area contributed by atoms with Gasteiger partial charge in [-0.15, -0.1) is 0 Å². The van der Waals surface area contributed by atoms with Crippen molar-refractivity contribution in [2.75, 3.05) is 39.2 Å². The van der Waals surface area contributed by atoms with Crippen molar-refractivity contribution in [3.05, 3.63) is 35.4 Å². The van der Waals surface area contributed by atoms with E-state index in [0.717, 1.165) is 50.7 Å². The molecule has 1 fully saturated rings. The Morgan fingerprint density at radius 2 is 1.83 bits per heavy atom. The summed E-state index contributed by atoms with van der Waals surface area (Å²) in [6.07, 6.45) is -0.141. The van der Waals surface area contributed by atoms with E-state index in [-0.39, 0.29) is 11.4 Å². The summed E-state index contributed by atoms with van der Waals surface area (Å²) in [5, 5.41) is 6.70. The van der Waals surface area contributed by atoms with E-state index in [9.17, 15) is 13.2 Å². The first-order valence-corrected chi connectivity index (χ1v) is 11.0. The molecule has 1 aliphatic heterocycles. The van der Waals surface area contributed by atoms with Gasteiger partial charge in [-0.05, 0) is 37.1 Å². The third-order valence-electron chi connectivity index (χ3n) is 4.74. The minimum Gasteiger partial charge on any atom is -0.381 e. The average molecular weight is 434 g/mol. The van der Waals surface area contributed by atoms with E-state index in [0.29, 0.717) is 12.1 Å². The monoisotopic (exact) mass is 433 g/mol. The SMILES string of the molecule is CCNC(=NCc1ccc(COCC(F)(F)F)cc1)NCC1(SC)CCOCC1. The number of benzene rings is 1. The van der Waals surface area contributed by atoms with Crippen molar-refractivity contribution in [1.29, 1.82) is 0 Å². The van der Waals surface area contributed by atoms with Gasteiger partial charge >= 0.3 is 6.18 Å². The van der Waals surface area contributed by atoms with Crippen molar-refractivity contribution < 1.29 is 22.6 Å². The Balaban J connectivity index is 1.87. The number of hydrogen-bond acceptors (Lipinski definition) is 4. The van der Waals surface area contributed by atoms with Crippen LogP contribution in [-0.4, -0.2) is 56.0 Å². The molecular formula is C20H30F3N3O2S. The number of nitrogens with one attached hydrogen (secondary N) is 2.